The second-order valence-corrected chi connectivity index (χ2v) is 9.32. The normalized spacial score (nSPS) is 20.7. The molecule has 188 valence electrons. The van der Waals surface area contributed by atoms with Gasteiger partial charge in [0.1, 0.15) is 0 Å². The van der Waals surface area contributed by atoms with Gasteiger partial charge in [0.25, 0.3) is 11.5 Å². The summed E-state index contributed by atoms with van der Waals surface area (Å²) in [6.45, 7) is 2.86. The smallest absolute Gasteiger partial charge is 0.343 e. The highest BCUT2D eigenvalue weighted by Gasteiger charge is 2.36. The molecule has 0 bridgehead atoms. The van der Waals surface area contributed by atoms with Gasteiger partial charge >= 0.3 is 6.18 Å². The quantitative estimate of drug-likeness (QED) is 0.581. The van der Waals surface area contributed by atoms with Crippen molar-refractivity contribution in [3.63, 3.8) is 0 Å². The second-order valence-electron chi connectivity index (χ2n) is 9.32. The maximum atomic E-state index is 13.1. The summed E-state index contributed by atoms with van der Waals surface area (Å²) in [5, 5.41) is 5.67. The summed E-state index contributed by atoms with van der Waals surface area (Å²) in [7, 11) is 0. The molecule has 0 atom stereocenters. The number of aryl methyl sites for hydroxylation is 1. The minimum Gasteiger partial charge on any atom is -0.343 e. The Kier molecular flexibility index (Phi) is 7.30. The number of halogens is 3. The molecule has 2 fully saturated rings. The minimum atomic E-state index is -4.55. The van der Waals surface area contributed by atoms with Crippen molar-refractivity contribution in [1.29, 1.82) is 0 Å². The molecule has 10 heteroatoms. The number of rotatable bonds is 6. The number of carbonyl (C=O) groups excluding carboxylic acids is 2. The lowest BCUT2D eigenvalue weighted by molar-refractivity contribution is -0.138. The number of alkyl halides is 3. The lowest BCUT2D eigenvalue weighted by atomic mass is 9.81. The van der Waals surface area contributed by atoms with Gasteiger partial charge in [-0.25, -0.2) is 0 Å². The van der Waals surface area contributed by atoms with Crippen LogP contribution in [0.2, 0.25) is 0 Å². The average Bonchev–Trinajstić information content (AvgIpc) is 2.81. The molecule has 0 unspecified atom stereocenters. The summed E-state index contributed by atoms with van der Waals surface area (Å²) in [5.41, 5.74) is 0.633. The van der Waals surface area contributed by atoms with Crippen LogP contribution in [-0.2, 0) is 11.0 Å². The van der Waals surface area contributed by atoms with Gasteiger partial charge in [0.15, 0.2) is 0 Å². The Morgan fingerprint density at radius 3 is 2.40 bits per heavy atom. The fourth-order valence-corrected chi connectivity index (χ4v) is 4.90. The van der Waals surface area contributed by atoms with Gasteiger partial charge in [-0.05, 0) is 68.4 Å². The van der Waals surface area contributed by atoms with E-state index < -0.39 is 17.6 Å². The van der Waals surface area contributed by atoms with Crippen molar-refractivity contribution in [3.8, 4) is 0 Å². The van der Waals surface area contributed by atoms with Crippen LogP contribution in [0.5, 0.6) is 0 Å². The zero-order valence-corrected chi connectivity index (χ0v) is 19.5. The molecule has 3 N–H and O–H groups in total. The highest BCUT2D eigenvalue weighted by Crippen LogP contribution is 2.35. The SMILES string of the molecule is Cc1cc(C2CCC(N(C(=O)CNC(=O)c3cccc(C(F)(F)F)c3)C3CNC3)CC2)c[nH]c1=O. The zero-order chi connectivity index (χ0) is 25.2. The Balaban J connectivity index is 1.37. The summed E-state index contributed by atoms with van der Waals surface area (Å²) < 4.78 is 38.9. The summed E-state index contributed by atoms with van der Waals surface area (Å²) in [4.78, 5) is 41.9. The number of benzene rings is 1. The van der Waals surface area contributed by atoms with Crippen LogP contribution in [0.15, 0.2) is 41.3 Å². The van der Waals surface area contributed by atoms with Crippen LogP contribution in [0.3, 0.4) is 0 Å². The lowest BCUT2D eigenvalue weighted by Gasteiger charge is -2.45. The number of nitrogens with one attached hydrogen (secondary N) is 3. The molecule has 1 aromatic carbocycles. The summed E-state index contributed by atoms with van der Waals surface area (Å²) in [5.74, 6) is -0.646. The Morgan fingerprint density at radius 2 is 1.80 bits per heavy atom. The molecule has 2 amide bonds. The van der Waals surface area contributed by atoms with Crippen molar-refractivity contribution in [2.24, 2.45) is 0 Å². The first-order valence-corrected chi connectivity index (χ1v) is 11.8. The monoisotopic (exact) mass is 490 g/mol. The van der Waals surface area contributed by atoms with Crippen molar-refractivity contribution in [1.82, 2.24) is 20.5 Å². The third-order valence-electron chi connectivity index (χ3n) is 6.97. The molecule has 35 heavy (non-hydrogen) atoms. The molecule has 1 aliphatic carbocycles. The molecule has 2 aliphatic rings. The van der Waals surface area contributed by atoms with E-state index in [-0.39, 0.29) is 35.7 Å². The van der Waals surface area contributed by atoms with Crippen LogP contribution >= 0.6 is 0 Å². The van der Waals surface area contributed by atoms with Crippen LogP contribution in [-0.4, -0.2) is 53.4 Å². The van der Waals surface area contributed by atoms with E-state index in [0.29, 0.717) is 24.6 Å². The van der Waals surface area contributed by atoms with E-state index in [4.69, 9.17) is 0 Å². The third-order valence-corrected chi connectivity index (χ3v) is 6.97. The van der Waals surface area contributed by atoms with Gasteiger partial charge in [-0.1, -0.05) is 6.07 Å². The molecule has 1 saturated heterocycles. The number of hydrogen-bond acceptors (Lipinski definition) is 4. The first kappa shape index (κ1) is 25.0. The Labute approximate surface area is 201 Å². The van der Waals surface area contributed by atoms with E-state index in [1.807, 2.05) is 11.0 Å². The largest absolute Gasteiger partial charge is 0.416 e. The van der Waals surface area contributed by atoms with Crippen LogP contribution in [0.25, 0.3) is 0 Å². The number of aromatic amines is 1. The molecule has 1 aromatic heterocycles. The highest BCUT2D eigenvalue weighted by molar-refractivity contribution is 5.96. The van der Waals surface area contributed by atoms with Crippen molar-refractivity contribution in [2.75, 3.05) is 19.6 Å². The maximum Gasteiger partial charge on any atom is 0.416 e. The van der Waals surface area contributed by atoms with Crippen molar-refractivity contribution < 1.29 is 22.8 Å². The van der Waals surface area contributed by atoms with Crippen LogP contribution in [0.4, 0.5) is 13.2 Å². The summed E-state index contributed by atoms with van der Waals surface area (Å²) in [6.07, 6.45) is 0.557. The predicted octanol–water partition coefficient (Wildman–Crippen LogP) is 2.96. The van der Waals surface area contributed by atoms with Gasteiger partial charge in [0, 0.05) is 36.5 Å². The molecule has 0 spiro atoms. The van der Waals surface area contributed by atoms with Gasteiger partial charge in [-0.15, -0.1) is 0 Å². The molecule has 0 radical (unpaired) electrons. The average molecular weight is 491 g/mol. The molecule has 2 aromatic rings. The topological polar surface area (TPSA) is 94.3 Å². The molecule has 1 saturated carbocycles. The van der Waals surface area contributed by atoms with Gasteiger partial charge in [0.05, 0.1) is 18.2 Å². The molecule has 1 aliphatic heterocycles. The van der Waals surface area contributed by atoms with Gasteiger partial charge in [-0.3, -0.25) is 14.4 Å². The first-order valence-electron chi connectivity index (χ1n) is 11.8. The summed E-state index contributed by atoms with van der Waals surface area (Å²) in [6, 6.07) is 6.14. The molecule has 2 heterocycles. The van der Waals surface area contributed by atoms with Gasteiger partial charge in [-0.2, -0.15) is 13.2 Å². The molecule has 4 rings (SSSR count). The number of amides is 2. The Morgan fingerprint density at radius 1 is 1.09 bits per heavy atom. The van der Waals surface area contributed by atoms with E-state index in [0.717, 1.165) is 43.4 Å². The minimum absolute atomic E-state index is 0.0279. The standard InChI is InChI=1S/C25H29F3N4O3/c1-15-9-18(11-30-23(15)34)16-5-7-20(8-6-16)32(21-12-29-13-21)22(33)14-31-24(35)17-3-2-4-19(10-17)25(26,27)28/h2-4,9-11,16,20-21,29H,5-8,12-14H2,1H3,(H,30,34)(H,31,35). The maximum absolute atomic E-state index is 13.1. The fourth-order valence-electron chi connectivity index (χ4n) is 4.90. The number of hydrogen-bond donors (Lipinski definition) is 3. The van der Waals surface area contributed by atoms with E-state index >= 15 is 0 Å². The molecular weight excluding hydrogens is 461 g/mol. The number of H-pyrrole nitrogens is 1. The van der Waals surface area contributed by atoms with E-state index in [9.17, 15) is 27.6 Å². The summed E-state index contributed by atoms with van der Waals surface area (Å²) >= 11 is 0. The van der Waals surface area contributed by atoms with Crippen molar-refractivity contribution in [3.05, 3.63) is 69.1 Å². The Hall–Kier alpha value is -3.14. The first-order chi connectivity index (χ1) is 16.6. The fraction of sp³-hybridized carbons (Fsp3) is 0.480. The van der Waals surface area contributed by atoms with Gasteiger partial charge in [0.2, 0.25) is 5.91 Å². The van der Waals surface area contributed by atoms with Crippen LogP contribution < -0.4 is 16.2 Å². The van der Waals surface area contributed by atoms with E-state index in [1.54, 1.807) is 13.1 Å². The van der Waals surface area contributed by atoms with Crippen LogP contribution in [0, 0.1) is 6.92 Å². The Bertz CT molecular complexity index is 1140. The predicted molar refractivity (Wildman–Crippen MR) is 124 cm³/mol. The van der Waals surface area contributed by atoms with E-state index in [2.05, 4.69) is 15.6 Å². The van der Waals surface area contributed by atoms with Crippen molar-refractivity contribution in [2.45, 2.75) is 56.8 Å². The van der Waals surface area contributed by atoms with Gasteiger partial charge < -0.3 is 20.5 Å². The number of aromatic nitrogens is 1. The van der Waals surface area contributed by atoms with Crippen LogP contribution in [0.1, 0.15) is 58.6 Å². The third kappa shape index (κ3) is 5.75. The number of carbonyl (C=O) groups is 2. The number of pyridine rings is 1. The zero-order valence-electron chi connectivity index (χ0n) is 19.5. The second kappa shape index (κ2) is 10.2. The lowest BCUT2D eigenvalue weighted by Crippen LogP contribution is -2.63. The number of nitrogens with zero attached hydrogens (tertiary/aromatic N) is 1. The molecular formula is C25H29F3N4O3. The van der Waals surface area contributed by atoms with Crippen molar-refractivity contribution >= 4 is 11.8 Å². The molecule has 7 nitrogen and oxygen atoms in total. The van der Waals surface area contributed by atoms with E-state index in [1.165, 1.54) is 12.1 Å². The highest BCUT2D eigenvalue weighted by atomic mass is 19.4.